The Kier molecular flexibility index (Phi) is 4.22. The molecule has 0 unspecified atom stereocenters. The number of carbonyl (C=O) groups excluding carboxylic acids is 1. The van der Waals surface area contributed by atoms with Crippen LogP contribution in [0.2, 0.25) is 0 Å². The van der Waals surface area contributed by atoms with Gasteiger partial charge in [0.15, 0.2) is 6.10 Å². The lowest BCUT2D eigenvalue weighted by Crippen LogP contribution is -2.62. The molecule has 2 N–H and O–H groups in total. The van der Waals surface area contributed by atoms with Crippen molar-refractivity contribution in [3.05, 3.63) is 0 Å². The molecule has 1 saturated heterocycles. The minimum Gasteiger partial charge on any atom is -0.381 e. The molecule has 2 atom stereocenters. The van der Waals surface area contributed by atoms with Crippen LogP contribution in [0.25, 0.3) is 0 Å². The maximum Gasteiger partial charge on any atom is 0.251 e. The fraction of sp³-hybridized carbons (Fsp3) is 0.900. The highest BCUT2D eigenvalue weighted by Crippen LogP contribution is 2.14. The summed E-state index contributed by atoms with van der Waals surface area (Å²) in [4.78, 5) is 10.6. The van der Waals surface area contributed by atoms with E-state index in [0.29, 0.717) is 0 Å². The van der Waals surface area contributed by atoms with E-state index in [2.05, 4.69) is 12.2 Å². The number of carbonyl (C=O) groups is 1. The summed E-state index contributed by atoms with van der Waals surface area (Å²) in [6.07, 6.45) is 6.34. The molecule has 0 spiro atoms. The van der Waals surface area contributed by atoms with Gasteiger partial charge in [0, 0.05) is 0 Å². The summed E-state index contributed by atoms with van der Waals surface area (Å²) in [5.41, 5.74) is 0. The molecule has 1 heterocycles. The molecule has 0 radical (unpaired) electrons. The highest BCUT2D eigenvalue weighted by Gasteiger charge is 2.36. The summed E-state index contributed by atoms with van der Waals surface area (Å²) in [6.45, 7) is 2.19. The second-order valence-corrected chi connectivity index (χ2v) is 3.76. The summed E-state index contributed by atoms with van der Waals surface area (Å²) in [6, 6.07) is 0.0362. The van der Waals surface area contributed by atoms with E-state index in [4.69, 9.17) is 5.11 Å². The van der Waals surface area contributed by atoms with E-state index in [-0.39, 0.29) is 11.9 Å². The molecule has 1 aliphatic heterocycles. The van der Waals surface area contributed by atoms with E-state index in [1.165, 1.54) is 25.7 Å². The molecule has 0 saturated carbocycles. The number of β-lactam (4-membered cyclic amide) rings is 1. The molecule has 3 heteroatoms. The van der Waals surface area contributed by atoms with Crippen molar-refractivity contribution in [3.8, 4) is 0 Å². The van der Waals surface area contributed by atoms with Gasteiger partial charge in [0.2, 0.25) is 0 Å². The van der Waals surface area contributed by atoms with E-state index in [1.807, 2.05) is 0 Å². The lowest BCUT2D eigenvalue weighted by atomic mass is 9.96. The second-order valence-electron chi connectivity index (χ2n) is 3.76. The minimum absolute atomic E-state index is 0.0362. The normalized spacial score (nSPS) is 26.8. The van der Waals surface area contributed by atoms with Gasteiger partial charge in [0.1, 0.15) is 0 Å². The molecule has 1 fully saturated rings. The zero-order valence-electron chi connectivity index (χ0n) is 8.25. The zero-order chi connectivity index (χ0) is 9.68. The Morgan fingerprint density at radius 3 is 2.54 bits per heavy atom. The number of hydrogen-bond acceptors (Lipinski definition) is 2. The van der Waals surface area contributed by atoms with Gasteiger partial charge in [-0.3, -0.25) is 4.79 Å². The Hall–Kier alpha value is -0.570. The summed E-state index contributed by atoms with van der Waals surface area (Å²) < 4.78 is 0. The van der Waals surface area contributed by atoms with Crippen LogP contribution in [0.3, 0.4) is 0 Å². The zero-order valence-corrected chi connectivity index (χ0v) is 8.25. The quantitative estimate of drug-likeness (QED) is 0.482. The summed E-state index contributed by atoms with van der Waals surface area (Å²) in [5.74, 6) is -0.210. The molecule has 0 aromatic carbocycles. The topological polar surface area (TPSA) is 49.3 Å². The van der Waals surface area contributed by atoms with Crippen LogP contribution in [0, 0.1) is 0 Å². The van der Waals surface area contributed by atoms with Gasteiger partial charge in [0.25, 0.3) is 5.91 Å². The van der Waals surface area contributed by atoms with Crippen molar-refractivity contribution in [2.24, 2.45) is 0 Å². The Labute approximate surface area is 79.5 Å². The first-order valence-electron chi connectivity index (χ1n) is 5.24. The Balaban J connectivity index is 1.92. The highest BCUT2D eigenvalue weighted by molar-refractivity contribution is 5.87. The van der Waals surface area contributed by atoms with Crippen molar-refractivity contribution in [3.63, 3.8) is 0 Å². The third-order valence-electron chi connectivity index (χ3n) is 2.60. The number of nitrogens with one attached hydrogen (secondary N) is 1. The van der Waals surface area contributed by atoms with Crippen LogP contribution < -0.4 is 5.32 Å². The third-order valence-corrected chi connectivity index (χ3v) is 2.60. The molecule has 0 aromatic heterocycles. The number of aliphatic hydroxyl groups excluding tert-OH is 1. The predicted molar refractivity (Wildman–Crippen MR) is 51.3 cm³/mol. The summed E-state index contributed by atoms with van der Waals surface area (Å²) >= 11 is 0. The van der Waals surface area contributed by atoms with Gasteiger partial charge in [-0.05, 0) is 6.42 Å². The Morgan fingerprint density at radius 1 is 1.31 bits per heavy atom. The molecular formula is C10H19NO2. The molecule has 3 nitrogen and oxygen atoms in total. The largest absolute Gasteiger partial charge is 0.381 e. The number of hydrogen-bond donors (Lipinski definition) is 2. The van der Waals surface area contributed by atoms with Gasteiger partial charge < -0.3 is 10.4 Å². The van der Waals surface area contributed by atoms with Crippen LogP contribution >= 0.6 is 0 Å². The first kappa shape index (κ1) is 10.5. The highest BCUT2D eigenvalue weighted by atomic mass is 16.3. The number of amides is 1. The van der Waals surface area contributed by atoms with E-state index in [9.17, 15) is 4.79 Å². The molecule has 0 bridgehead atoms. The molecule has 1 aliphatic rings. The van der Waals surface area contributed by atoms with E-state index in [1.54, 1.807) is 0 Å². The molecule has 1 rings (SSSR count). The maximum absolute atomic E-state index is 10.6. The molecule has 13 heavy (non-hydrogen) atoms. The van der Waals surface area contributed by atoms with Gasteiger partial charge in [-0.15, -0.1) is 0 Å². The number of unbranched alkanes of at least 4 members (excludes halogenated alkanes) is 4. The predicted octanol–water partition coefficient (Wildman–Crippen LogP) is 1.21. The van der Waals surface area contributed by atoms with Gasteiger partial charge in [0.05, 0.1) is 6.04 Å². The van der Waals surface area contributed by atoms with E-state index < -0.39 is 6.10 Å². The Bertz CT molecular complexity index is 170. The van der Waals surface area contributed by atoms with Crippen molar-refractivity contribution < 1.29 is 9.90 Å². The van der Waals surface area contributed by atoms with Crippen LogP contribution in [0.4, 0.5) is 0 Å². The average molecular weight is 185 g/mol. The third kappa shape index (κ3) is 2.99. The minimum atomic E-state index is -0.730. The maximum atomic E-state index is 10.6. The van der Waals surface area contributed by atoms with Gasteiger partial charge >= 0.3 is 0 Å². The van der Waals surface area contributed by atoms with E-state index >= 15 is 0 Å². The lowest BCUT2D eigenvalue weighted by molar-refractivity contribution is -0.142. The van der Waals surface area contributed by atoms with E-state index in [0.717, 1.165) is 12.8 Å². The fourth-order valence-electron chi connectivity index (χ4n) is 1.63. The fourth-order valence-corrected chi connectivity index (χ4v) is 1.63. The molecule has 1 amide bonds. The first-order valence-corrected chi connectivity index (χ1v) is 5.24. The standard InChI is InChI=1S/C10H19NO2/c1-2-3-4-5-6-7-8-9(12)10(13)11-8/h8-9,12H,2-7H2,1H3,(H,11,13)/t8-,9+/m1/s1. The lowest BCUT2D eigenvalue weighted by Gasteiger charge is -2.32. The second kappa shape index (κ2) is 5.22. The van der Waals surface area contributed by atoms with Crippen LogP contribution in [0.15, 0.2) is 0 Å². The van der Waals surface area contributed by atoms with Crippen molar-refractivity contribution in [1.29, 1.82) is 0 Å². The monoisotopic (exact) mass is 185 g/mol. The van der Waals surface area contributed by atoms with Crippen molar-refractivity contribution in [1.82, 2.24) is 5.32 Å². The molecule has 0 aromatic rings. The number of rotatable bonds is 6. The molecule has 0 aliphatic carbocycles. The summed E-state index contributed by atoms with van der Waals surface area (Å²) in [5, 5.41) is 11.9. The number of aliphatic hydroxyl groups is 1. The van der Waals surface area contributed by atoms with Gasteiger partial charge in [-0.2, -0.15) is 0 Å². The van der Waals surface area contributed by atoms with Crippen molar-refractivity contribution >= 4 is 5.91 Å². The SMILES string of the molecule is CCCCCCC[C@H]1NC(=O)[C@H]1O. The van der Waals surface area contributed by atoms with Gasteiger partial charge in [-0.25, -0.2) is 0 Å². The molecular weight excluding hydrogens is 166 g/mol. The van der Waals surface area contributed by atoms with Crippen LogP contribution in [-0.2, 0) is 4.79 Å². The first-order chi connectivity index (χ1) is 6.25. The van der Waals surface area contributed by atoms with Crippen LogP contribution in [-0.4, -0.2) is 23.2 Å². The summed E-state index contributed by atoms with van der Waals surface area (Å²) in [7, 11) is 0. The van der Waals surface area contributed by atoms with Crippen molar-refractivity contribution in [2.45, 2.75) is 57.6 Å². The molecule has 76 valence electrons. The Morgan fingerprint density at radius 2 is 2.00 bits per heavy atom. The van der Waals surface area contributed by atoms with Crippen molar-refractivity contribution in [2.75, 3.05) is 0 Å². The van der Waals surface area contributed by atoms with Gasteiger partial charge in [-0.1, -0.05) is 39.0 Å². The smallest absolute Gasteiger partial charge is 0.251 e. The average Bonchev–Trinajstić information content (AvgIpc) is 2.15. The van der Waals surface area contributed by atoms with Crippen LogP contribution in [0.1, 0.15) is 45.4 Å². The van der Waals surface area contributed by atoms with Crippen LogP contribution in [0.5, 0.6) is 0 Å².